The summed E-state index contributed by atoms with van der Waals surface area (Å²) in [4.78, 5) is 14.5. The van der Waals surface area contributed by atoms with E-state index in [1.807, 2.05) is 20.8 Å². The molecule has 2 atom stereocenters. The van der Waals surface area contributed by atoms with Crippen LogP contribution in [-0.2, 0) is 4.74 Å². The fourth-order valence-corrected chi connectivity index (χ4v) is 3.62. The van der Waals surface area contributed by atoms with Gasteiger partial charge in [-0.1, -0.05) is 0 Å². The molecular weight excluding hydrogens is 288 g/mol. The molecule has 0 bridgehead atoms. The summed E-state index contributed by atoms with van der Waals surface area (Å²) in [6.07, 6.45) is 0.160. The summed E-state index contributed by atoms with van der Waals surface area (Å²) >= 11 is 1.28. The first-order chi connectivity index (χ1) is 9.97. The topological polar surface area (TPSA) is 91.4 Å². The van der Waals surface area contributed by atoms with E-state index in [0.29, 0.717) is 30.1 Å². The molecule has 1 aromatic rings. The second-order valence-corrected chi connectivity index (χ2v) is 6.16. The number of nitrogens with one attached hydrogen (secondary N) is 1. The number of nitriles is 1. The molecule has 2 unspecified atom stereocenters. The molecule has 0 saturated carbocycles. The number of nitrogen functional groups attached to an aromatic ring is 1. The van der Waals surface area contributed by atoms with Gasteiger partial charge in [0.2, 0.25) is 0 Å². The van der Waals surface area contributed by atoms with Crippen molar-refractivity contribution in [2.75, 3.05) is 30.3 Å². The summed E-state index contributed by atoms with van der Waals surface area (Å²) in [6.45, 7) is 7.74. The SMILES string of the molecule is CCNC(=O)c1sc(N2CC(C)OC(C)C2)c(C#N)c1N. The van der Waals surface area contributed by atoms with Crippen LogP contribution in [0.1, 0.15) is 36.0 Å². The molecule has 2 rings (SSSR count). The van der Waals surface area contributed by atoms with E-state index in [4.69, 9.17) is 10.5 Å². The Morgan fingerprint density at radius 3 is 2.67 bits per heavy atom. The van der Waals surface area contributed by atoms with E-state index >= 15 is 0 Å². The average molecular weight is 308 g/mol. The van der Waals surface area contributed by atoms with Gasteiger partial charge in [0.15, 0.2) is 0 Å². The monoisotopic (exact) mass is 308 g/mol. The Hall–Kier alpha value is -1.78. The number of anilines is 2. The van der Waals surface area contributed by atoms with E-state index in [9.17, 15) is 10.1 Å². The molecule has 1 aromatic heterocycles. The van der Waals surface area contributed by atoms with Crippen LogP contribution in [0.5, 0.6) is 0 Å². The van der Waals surface area contributed by atoms with Crippen molar-refractivity contribution in [3.63, 3.8) is 0 Å². The summed E-state index contributed by atoms with van der Waals surface area (Å²) in [5.41, 5.74) is 6.66. The van der Waals surface area contributed by atoms with Crippen molar-refractivity contribution in [3.8, 4) is 6.07 Å². The number of morpholine rings is 1. The molecule has 21 heavy (non-hydrogen) atoms. The lowest BCUT2D eigenvalue weighted by Crippen LogP contribution is -2.45. The molecule has 1 fully saturated rings. The minimum Gasteiger partial charge on any atom is -0.396 e. The largest absolute Gasteiger partial charge is 0.396 e. The predicted octanol–water partition coefficient (Wildman–Crippen LogP) is 1.57. The van der Waals surface area contributed by atoms with Crippen LogP contribution in [0.15, 0.2) is 0 Å². The molecule has 1 saturated heterocycles. The van der Waals surface area contributed by atoms with E-state index in [1.165, 1.54) is 11.3 Å². The molecular formula is C14H20N4O2S. The molecule has 1 amide bonds. The lowest BCUT2D eigenvalue weighted by molar-refractivity contribution is -0.00501. The van der Waals surface area contributed by atoms with Crippen molar-refractivity contribution in [1.29, 1.82) is 5.26 Å². The van der Waals surface area contributed by atoms with Crippen molar-refractivity contribution in [3.05, 3.63) is 10.4 Å². The highest BCUT2D eigenvalue weighted by Crippen LogP contribution is 2.38. The number of hydrogen-bond acceptors (Lipinski definition) is 6. The normalized spacial score (nSPS) is 21.9. The third kappa shape index (κ3) is 3.12. The number of thiophene rings is 1. The van der Waals surface area contributed by atoms with Gasteiger partial charge in [0.1, 0.15) is 21.5 Å². The smallest absolute Gasteiger partial charge is 0.263 e. The van der Waals surface area contributed by atoms with Crippen LogP contribution >= 0.6 is 11.3 Å². The Kier molecular flexibility index (Phi) is 4.70. The number of carbonyl (C=O) groups is 1. The van der Waals surface area contributed by atoms with Gasteiger partial charge in [-0.2, -0.15) is 5.26 Å². The minimum absolute atomic E-state index is 0.0801. The first-order valence-corrected chi connectivity index (χ1v) is 7.80. The van der Waals surface area contributed by atoms with Gasteiger partial charge in [0, 0.05) is 19.6 Å². The molecule has 1 aliphatic rings. The molecule has 0 radical (unpaired) electrons. The van der Waals surface area contributed by atoms with E-state index in [1.54, 1.807) is 0 Å². The third-order valence-electron chi connectivity index (χ3n) is 3.29. The summed E-state index contributed by atoms with van der Waals surface area (Å²) in [7, 11) is 0. The summed E-state index contributed by atoms with van der Waals surface area (Å²) in [5, 5.41) is 12.9. The fourth-order valence-electron chi connectivity index (χ4n) is 2.52. The minimum atomic E-state index is -0.225. The van der Waals surface area contributed by atoms with Crippen LogP contribution in [-0.4, -0.2) is 37.7 Å². The van der Waals surface area contributed by atoms with Crippen LogP contribution in [0, 0.1) is 11.3 Å². The first-order valence-electron chi connectivity index (χ1n) is 6.98. The number of nitrogens with zero attached hydrogens (tertiary/aromatic N) is 2. The average Bonchev–Trinajstić information content (AvgIpc) is 2.75. The Morgan fingerprint density at radius 1 is 1.52 bits per heavy atom. The third-order valence-corrected chi connectivity index (χ3v) is 4.55. The second-order valence-electron chi connectivity index (χ2n) is 5.16. The highest BCUT2D eigenvalue weighted by atomic mass is 32.1. The zero-order valence-electron chi connectivity index (χ0n) is 12.5. The highest BCUT2D eigenvalue weighted by molar-refractivity contribution is 7.19. The highest BCUT2D eigenvalue weighted by Gasteiger charge is 2.29. The van der Waals surface area contributed by atoms with Gasteiger partial charge < -0.3 is 20.7 Å². The molecule has 6 nitrogen and oxygen atoms in total. The lowest BCUT2D eigenvalue weighted by Gasteiger charge is -2.36. The van der Waals surface area contributed by atoms with Crippen molar-refractivity contribution in [2.24, 2.45) is 0 Å². The molecule has 2 heterocycles. The van der Waals surface area contributed by atoms with Gasteiger partial charge in [-0.25, -0.2) is 0 Å². The fraction of sp³-hybridized carbons (Fsp3) is 0.571. The van der Waals surface area contributed by atoms with Gasteiger partial charge in [-0.15, -0.1) is 11.3 Å². The zero-order valence-corrected chi connectivity index (χ0v) is 13.3. The van der Waals surface area contributed by atoms with Gasteiger partial charge >= 0.3 is 0 Å². The Labute approximate surface area is 128 Å². The van der Waals surface area contributed by atoms with Crippen molar-refractivity contribution < 1.29 is 9.53 Å². The van der Waals surface area contributed by atoms with Crippen LogP contribution in [0.25, 0.3) is 0 Å². The van der Waals surface area contributed by atoms with Crippen molar-refractivity contribution in [1.82, 2.24) is 5.32 Å². The summed E-state index contributed by atoms with van der Waals surface area (Å²) < 4.78 is 5.70. The number of nitrogens with two attached hydrogens (primary N) is 1. The summed E-state index contributed by atoms with van der Waals surface area (Å²) in [5.74, 6) is -0.225. The first kappa shape index (κ1) is 15.6. The van der Waals surface area contributed by atoms with Gasteiger partial charge in [-0.05, 0) is 20.8 Å². The molecule has 0 aromatic carbocycles. The molecule has 1 aliphatic heterocycles. The number of amides is 1. The maximum absolute atomic E-state index is 12.0. The van der Waals surface area contributed by atoms with Gasteiger partial charge in [0.05, 0.1) is 17.9 Å². The van der Waals surface area contributed by atoms with Crippen LogP contribution in [0.4, 0.5) is 10.7 Å². The van der Waals surface area contributed by atoms with E-state index in [-0.39, 0.29) is 23.8 Å². The van der Waals surface area contributed by atoms with Crippen LogP contribution in [0.2, 0.25) is 0 Å². The molecule has 7 heteroatoms. The Morgan fingerprint density at radius 2 is 2.14 bits per heavy atom. The van der Waals surface area contributed by atoms with E-state index in [0.717, 1.165) is 5.00 Å². The Balaban J connectivity index is 2.37. The number of rotatable bonds is 3. The molecule has 3 N–H and O–H groups in total. The predicted molar refractivity (Wildman–Crippen MR) is 83.7 cm³/mol. The lowest BCUT2D eigenvalue weighted by atomic mass is 10.2. The molecule has 0 aliphatic carbocycles. The van der Waals surface area contributed by atoms with Gasteiger partial charge in [-0.3, -0.25) is 4.79 Å². The maximum atomic E-state index is 12.0. The van der Waals surface area contributed by atoms with Crippen LogP contribution in [0.3, 0.4) is 0 Å². The zero-order chi connectivity index (χ0) is 15.6. The number of carbonyl (C=O) groups excluding carboxylic acids is 1. The molecule has 0 spiro atoms. The van der Waals surface area contributed by atoms with Crippen LogP contribution < -0.4 is 16.0 Å². The summed E-state index contributed by atoms with van der Waals surface area (Å²) in [6, 6.07) is 2.13. The van der Waals surface area contributed by atoms with Crippen molar-refractivity contribution >= 4 is 27.9 Å². The van der Waals surface area contributed by atoms with E-state index < -0.39 is 0 Å². The Bertz CT molecular complexity index is 568. The maximum Gasteiger partial charge on any atom is 0.263 e. The van der Waals surface area contributed by atoms with Gasteiger partial charge in [0.25, 0.3) is 5.91 Å². The number of hydrogen-bond donors (Lipinski definition) is 2. The van der Waals surface area contributed by atoms with Crippen molar-refractivity contribution in [2.45, 2.75) is 33.0 Å². The van der Waals surface area contributed by atoms with E-state index in [2.05, 4.69) is 16.3 Å². The standard InChI is InChI=1S/C14H20N4O2S/c1-4-17-13(19)12-11(16)10(5-15)14(21-12)18-6-8(2)20-9(3)7-18/h8-9H,4,6-7,16H2,1-3H3,(H,17,19). The second kappa shape index (κ2) is 6.33. The quantitative estimate of drug-likeness (QED) is 0.884. The number of ether oxygens (including phenoxy) is 1. The molecule has 114 valence electrons.